The van der Waals surface area contributed by atoms with Crippen LogP contribution in [0.3, 0.4) is 0 Å². The monoisotopic (exact) mass is 347 g/mol. The number of aromatic nitrogens is 1. The summed E-state index contributed by atoms with van der Waals surface area (Å²) in [5, 5.41) is 5.52. The summed E-state index contributed by atoms with van der Waals surface area (Å²) in [5.74, 6) is -0.371. The maximum Gasteiger partial charge on any atom is 0.255 e. The van der Waals surface area contributed by atoms with Gasteiger partial charge in [0.05, 0.1) is 0 Å². The number of rotatable bonds is 4. The van der Waals surface area contributed by atoms with Gasteiger partial charge in [0.15, 0.2) is 0 Å². The number of carbonyl (C=O) groups excluding carboxylic acids is 2. The van der Waals surface area contributed by atoms with E-state index in [-0.39, 0.29) is 11.8 Å². The smallest absolute Gasteiger partial charge is 0.255 e. The molecule has 0 radical (unpaired) electrons. The van der Waals surface area contributed by atoms with Crippen LogP contribution in [0.5, 0.6) is 0 Å². The van der Waals surface area contributed by atoms with Gasteiger partial charge in [-0.1, -0.05) is 6.07 Å². The molecule has 0 atom stereocenters. The number of hydrogen-bond acceptors (Lipinski definition) is 2. The number of nitrogens with zero attached hydrogens (tertiary/aromatic N) is 1. The number of benzene rings is 2. The van der Waals surface area contributed by atoms with Crippen molar-refractivity contribution in [1.82, 2.24) is 9.88 Å². The van der Waals surface area contributed by atoms with Crippen LogP contribution in [0.4, 0.5) is 5.69 Å². The van der Waals surface area contributed by atoms with Crippen molar-refractivity contribution < 1.29 is 9.59 Å². The van der Waals surface area contributed by atoms with Gasteiger partial charge in [0.2, 0.25) is 0 Å². The van der Waals surface area contributed by atoms with Crippen LogP contribution in [0.1, 0.15) is 31.8 Å². The fraction of sp³-hybridized carbons (Fsp3) is 0.143. The van der Waals surface area contributed by atoms with Crippen molar-refractivity contribution in [3.8, 4) is 5.69 Å². The average Bonchev–Trinajstić information content (AvgIpc) is 3.17. The molecule has 3 aromatic rings. The van der Waals surface area contributed by atoms with Crippen molar-refractivity contribution in [2.45, 2.75) is 13.8 Å². The Morgan fingerprint density at radius 3 is 2.27 bits per heavy atom. The van der Waals surface area contributed by atoms with E-state index in [1.165, 1.54) is 0 Å². The van der Waals surface area contributed by atoms with Gasteiger partial charge in [0.25, 0.3) is 11.8 Å². The van der Waals surface area contributed by atoms with Crippen molar-refractivity contribution in [2.75, 3.05) is 12.4 Å². The Balaban J connectivity index is 1.86. The summed E-state index contributed by atoms with van der Waals surface area (Å²) < 4.78 is 1.99. The van der Waals surface area contributed by atoms with Crippen LogP contribution >= 0.6 is 0 Å². The van der Waals surface area contributed by atoms with Gasteiger partial charge >= 0.3 is 0 Å². The summed E-state index contributed by atoms with van der Waals surface area (Å²) in [5.41, 5.74) is 4.40. The first-order valence-electron chi connectivity index (χ1n) is 8.38. The average molecular weight is 347 g/mol. The van der Waals surface area contributed by atoms with Gasteiger partial charge in [0, 0.05) is 41.9 Å². The Kier molecular flexibility index (Phi) is 4.89. The van der Waals surface area contributed by atoms with Crippen LogP contribution in [-0.4, -0.2) is 23.4 Å². The molecule has 26 heavy (non-hydrogen) atoms. The lowest BCUT2D eigenvalue weighted by atomic mass is 10.0. The molecule has 0 aliphatic carbocycles. The second-order valence-corrected chi connectivity index (χ2v) is 6.10. The molecule has 2 N–H and O–H groups in total. The van der Waals surface area contributed by atoms with E-state index < -0.39 is 0 Å². The maximum absolute atomic E-state index is 12.7. The third kappa shape index (κ3) is 3.37. The van der Waals surface area contributed by atoms with E-state index in [1.54, 1.807) is 25.2 Å². The summed E-state index contributed by atoms with van der Waals surface area (Å²) in [6, 6.07) is 14.9. The Bertz CT molecular complexity index is 959. The zero-order chi connectivity index (χ0) is 18.7. The first-order valence-corrected chi connectivity index (χ1v) is 8.38. The zero-order valence-electron chi connectivity index (χ0n) is 15.0. The normalized spacial score (nSPS) is 10.4. The second-order valence-electron chi connectivity index (χ2n) is 6.10. The highest BCUT2D eigenvalue weighted by molar-refractivity contribution is 6.07. The number of nitrogens with one attached hydrogen (secondary N) is 2. The Labute approximate surface area is 152 Å². The quantitative estimate of drug-likeness (QED) is 0.756. The Morgan fingerprint density at radius 2 is 1.62 bits per heavy atom. The Hall–Kier alpha value is -3.34. The van der Waals surface area contributed by atoms with E-state index >= 15 is 0 Å². The SMILES string of the molecule is CNC(=O)c1cccc(NC(=O)c2ccc(-n3cccc3)cc2C)c1C. The Morgan fingerprint density at radius 1 is 0.885 bits per heavy atom. The molecular formula is C21H21N3O2. The van der Waals surface area contributed by atoms with Crippen molar-refractivity contribution in [1.29, 1.82) is 0 Å². The van der Waals surface area contributed by atoms with Crippen LogP contribution < -0.4 is 10.6 Å². The molecule has 0 spiro atoms. The van der Waals surface area contributed by atoms with Gasteiger partial charge in [-0.15, -0.1) is 0 Å². The van der Waals surface area contributed by atoms with Gasteiger partial charge < -0.3 is 15.2 Å². The third-order valence-electron chi connectivity index (χ3n) is 4.41. The minimum absolute atomic E-state index is 0.175. The lowest BCUT2D eigenvalue weighted by Gasteiger charge is -2.13. The van der Waals surface area contributed by atoms with Crippen molar-refractivity contribution >= 4 is 17.5 Å². The number of hydrogen-bond donors (Lipinski definition) is 2. The number of anilines is 1. The summed E-state index contributed by atoms with van der Waals surface area (Å²) in [6.07, 6.45) is 3.92. The standard InChI is InChI=1S/C21H21N3O2/c1-14-13-16(24-11-4-5-12-24)9-10-17(14)21(26)23-19-8-6-7-18(15(19)2)20(25)22-3/h4-13H,1-3H3,(H,22,25)(H,23,26). The molecule has 132 valence electrons. The molecule has 5 nitrogen and oxygen atoms in total. The molecule has 0 aliphatic rings. The van der Waals surface area contributed by atoms with Crippen LogP contribution in [0.25, 0.3) is 5.69 Å². The van der Waals surface area contributed by atoms with Crippen LogP contribution in [0.15, 0.2) is 60.9 Å². The van der Waals surface area contributed by atoms with Gasteiger partial charge in [-0.05, 0) is 67.4 Å². The highest BCUT2D eigenvalue weighted by Crippen LogP contribution is 2.21. The highest BCUT2D eigenvalue weighted by atomic mass is 16.2. The van der Waals surface area contributed by atoms with Gasteiger partial charge in [-0.25, -0.2) is 0 Å². The predicted octanol–water partition coefficient (Wildman–Crippen LogP) is 3.71. The molecule has 1 aromatic heterocycles. The largest absolute Gasteiger partial charge is 0.355 e. The summed E-state index contributed by atoms with van der Waals surface area (Å²) in [6.45, 7) is 3.73. The molecule has 1 heterocycles. The minimum Gasteiger partial charge on any atom is -0.355 e. The lowest BCUT2D eigenvalue weighted by Crippen LogP contribution is -2.20. The summed E-state index contributed by atoms with van der Waals surface area (Å²) >= 11 is 0. The highest BCUT2D eigenvalue weighted by Gasteiger charge is 2.14. The first kappa shape index (κ1) is 17.5. The molecule has 0 fully saturated rings. The molecule has 5 heteroatoms. The molecular weight excluding hydrogens is 326 g/mol. The fourth-order valence-electron chi connectivity index (χ4n) is 2.91. The zero-order valence-corrected chi connectivity index (χ0v) is 15.0. The van der Waals surface area contributed by atoms with Crippen molar-refractivity contribution in [3.63, 3.8) is 0 Å². The van der Waals surface area contributed by atoms with Crippen LogP contribution in [0.2, 0.25) is 0 Å². The molecule has 2 aromatic carbocycles. The molecule has 0 bridgehead atoms. The van der Waals surface area contributed by atoms with E-state index in [0.717, 1.165) is 16.8 Å². The van der Waals surface area contributed by atoms with E-state index in [1.807, 2.05) is 61.1 Å². The predicted molar refractivity (Wildman–Crippen MR) is 103 cm³/mol. The first-order chi connectivity index (χ1) is 12.5. The molecule has 3 rings (SSSR count). The van der Waals surface area contributed by atoms with E-state index in [9.17, 15) is 9.59 Å². The molecule has 0 saturated carbocycles. The maximum atomic E-state index is 12.7. The van der Waals surface area contributed by atoms with Gasteiger partial charge in [-0.3, -0.25) is 9.59 Å². The van der Waals surface area contributed by atoms with E-state index in [0.29, 0.717) is 16.8 Å². The van der Waals surface area contributed by atoms with Gasteiger partial charge in [0.1, 0.15) is 0 Å². The molecule has 0 aliphatic heterocycles. The number of aryl methyl sites for hydroxylation is 1. The van der Waals surface area contributed by atoms with E-state index in [4.69, 9.17) is 0 Å². The molecule has 0 saturated heterocycles. The summed E-state index contributed by atoms with van der Waals surface area (Å²) in [4.78, 5) is 24.6. The molecule has 0 unspecified atom stereocenters. The van der Waals surface area contributed by atoms with Crippen molar-refractivity contribution in [3.05, 3.63) is 83.2 Å². The molecule has 2 amide bonds. The summed E-state index contributed by atoms with van der Waals surface area (Å²) in [7, 11) is 1.59. The van der Waals surface area contributed by atoms with E-state index in [2.05, 4.69) is 10.6 Å². The second kappa shape index (κ2) is 7.27. The minimum atomic E-state index is -0.196. The topological polar surface area (TPSA) is 63.1 Å². The lowest BCUT2D eigenvalue weighted by molar-refractivity contribution is 0.0960. The fourth-order valence-corrected chi connectivity index (χ4v) is 2.91. The van der Waals surface area contributed by atoms with Gasteiger partial charge in [-0.2, -0.15) is 0 Å². The van der Waals surface area contributed by atoms with Crippen LogP contribution in [-0.2, 0) is 0 Å². The third-order valence-corrected chi connectivity index (χ3v) is 4.41. The van der Waals surface area contributed by atoms with Crippen molar-refractivity contribution in [2.24, 2.45) is 0 Å². The number of carbonyl (C=O) groups is 2. The van der Waals surface area contributed by atoms with Crippen LogP contribution in [0, 0.1) is 13.8 Å². The number of amides is 2.